The minimum Gasteiger partial charge on any atom is -0.494 e. The third-order valence-electron chi connectivity index (χ3n) is 7.86. The summed E-state index contributed by atoms with van der Waals surface area (Å²) in [5.74, 6) is 3.62. The zero-order valence-electron chi connectivity index (χ0n) is 22.6. The van der Waals surface area contributed by atoms with Gasteiger partial charge in [0.2, 0.25) is 0 Å². The van der Waals surface area contributed by atoms with Crippen LogP contribution >= 0.6 is 0 Å². The second kappa shape index (κ2) is 16.7. The van der Waals surface area contributed by atoms with Gasteiger partial charge in [0, 0.05) is 18.0 Å². The number of hydrogen-bond donors (Lipinski definition) is 0. The van der Waals surface area contributed by atoms with E-state index in [9.17, 15) is 0 Å². The summed E-state index contributed by atoms with van der Waals surface area (Å²) in [5.41, 5.74) is 2.33. The highest BCUT2D eigenvalue weighted by molar-refractivity contribution is 5.55. The Morgan fingerprint density at radius 3 is 1.91 bits per heavy atom. The molecule has 2 aromatic rings. The Morgan fingerprint density at radius 2 is 1.26 bits per heavy atom. The number of benzene rings is 1. The number of nitrogens with zero attached hydrogens (tertiary/aromatic N) is 2. The van der Waals surface area contributed by atoms with E-state index in [-0.39, 0.29) is 0 Å². The summed E-state index contributed by atoms with van der Waals surface area (Å²) < 4.78 is 5.81. The molecule has 1 fully saturated rings. The van der Waals surface area contributed by atoms with Crippen LogP contribution in [-0.2, 0) is 6.42 Å². The quantitative estimate of drug-likeness (QED) is 0.212. The lowest BCUT2D eigenvalue weighted by molar-refractivity contribution is 0.248. The third kappa shape index (κ3) is 10.7. The van der Waals surface area contributed by atoms with Crippen LogP contribution in [0.1, 0.15) is 122 Å². The fraction of sp³-hybridized carbons (Fsp3) is 0.688. The number of aryl methyl sites for hydroxylation is 1. The Balaban J connectivity index is 1.30. The summed E-state index contributed by atoms with van der Waals surface area (Å²) in [4.78, 5) is 9.31. The molecule has 0 spiro atoms. The van der Waals surface area contributed by atoms with Crippen LogP contribution in [0, 0.1) is 11.8 Å². The number of aromatic nitrogens is 2. The van der Waals surface area contributed by atoms with Crippen LogP contribution in [0.15, 0.2) is 36.7 Å². The lowest BCUT2D eigenvalue weighted by Gasteiger charge is -2.28. The van der Waals surface area contributed by atoms with Crippen molar-refractivity contribution in [3.05, 3.63) is 42.2 Å². The maximum atomic E-state index is 5.81. The molecule has 3 rings (SSSR count). The molecule has 0 atom stereocenters. The first-order chi connectivity index (χ1) is 17.3. The van der Waals surface area contributed by atoms with Crippen molar-refractivity contribution >= 4 is 0 Å². The van der Waals surface area contributed by atoms with Crippen molar-refractivity contribution in [2.24, 2.45) is 11.8 Å². The predicted molar refractivity (Wildman–Crippen MR) is 149 cm³/mol. The highest BCUT2D eigenvalue weighted by Gasteiger charge is 2.20. The Hall–Kier alpha value is -1.90. The van der Waals surface area contributed by atoms with Gasteiger partial charge in [-0.2, -0.15) is 0 Å². The zero-order chi connectivity index (χ0) is 24.6. The normalized spacial score (nSPS) is 18.0. The van der Waals surface area contributed by atoms with Crippen molar-refractivity contribution in [1.29, 1.82) is 0 Å². The molecule has 0 radical (unpaired) electrons. The summed E-state index contributed by atoms with van der Waals surface area (Å²) in [5, 5.41) is 0. The fourth-order valence-electron chi connectivity index (χ4n) is 5.45. The molecule has 1 aliphatic rings. The van der Waals surface area contributed by atoms with Crippen LogP contribution in [0.5, 0.6) is 5.75 Å². The summed E-state index contributed by atoms with van der Waals surface area (Å²) in [6.07, 6.45) is 27.3. The Morgan fingerprint density at radius 1 is 0.686 bits per heavy atom. The van der Waals surface area contributed by atoms with E-state index in [0.29, 0.717) is 0 Å². The molecule has 35 heavy (non-hydrogen) atoms. The molecule has 0 saturated heterocycles. The van der Waals surface area contributed by atoms with Gasteiger partial charge in [0.25, 0.3) is 0 Å². The molecule has 0 N–H and O–H groups in total. The molecule has 0 amide bonds. The molecular weight excluding hydrogens is 428 g/mol. The molecule has 1 aromatic carbocycles. The van der Waals surface area contributed by atoms with Crippen molar-refractivity contribution in [3.63, 3.8) is 0 Å². The molecule has 1 saturated carbocycles. The average molecular weight is 479 g/mol. The van der Waals surface area contributed by atoms with Crippen LogP contribution in [0.4, 0.5) is 0 Å². The van der Waals surface area contributed by atoms with Gasteiger partial charge in [-0.15, -0.1) is 0 Å². The molecular formula is C32H50N2O. The Labute approximate surface area is 215 Å². The van der Waals surface area contributed by atoms with Crippen molar-refractivity contribution in [2.75, 3.05) is 6.61 Å². The maximum Gasteiger partial charge on any atom is 0.159 e. The fourth-order valence-corrected chi connectivity index (χ4v) is 5.45. The first-order valence-electron chi connectivity index (χ1n) is 14.8. The minimum atomic E-state index is 0.791. The van der Waals surface area contributed by atoms with Gasteiger partial charge in [0.05, 0.1) is 6.61 Å². The second-order valence-electron chi connectivity index (χ2n) is 10.8. The van der Waals surface area contributed by atoms with E-state index in [0.717, 1.165) is 48.4 Å². The molecule has 3 nitrogen and oxygen atoms in total. The smallest absolute Gasteiger partial charge is 0.159 e. The Kier molecular flexibility index (Phi) is 13.2. The summed E-state index contributed by atoms with van der Waals surface area (Å²) in [6, 6.07) is 8.19. The molecule has 3 heteroatoms. The van der Waals surface area contributed by atoms with Crippen LogP contribution in [0.3, 0.4) is 0 Å². The molecule has 0 bridgehead atoms. The highest BCUT2D eigenvalue weighted by Crippen LogP contribution is 2.34. The first-order valence-corrected chi connectivity index (χ1v) is 14.8. The van der Waals surface area contributed by atoms with Crippen LogP contribution in [-0.4, -0.2) is 16.6 Å². The molecule has 1 aromatic heterocycles. The van der Waals surface area contributed by atoms with Crippen LogP contribution in [0.25, 0.3) is 11.4 Å². The Bertz CT molecular complexity index is 778. The standard InChI is InChI=1S/C32H50N2O/c1-3-5-7-8-9-10-11-13-27-14-16-28(17-15-27)18-19-29-25-33-32(34-26-29)30-20-22-31(23-21-30)35-24-12-6-4-2/h20-23,25-28H,3-19,24H2,1-2H3. The summed E-state index contributed by atoms with van der Waals surface area (Å²) >= 11 is 0. The van der Waals surface area contributed by atoms with Gasteiger partial charge in [-0.25, -0.2) is 9.97 Å². The largest absolute Gasteiger partial charge is 0.494 e. The first kappa shape index (κ1) is 27.7. The monoisotopic (exact) mass is 478 g/mol. The van der Waals surface area contributed by atoms with Crippen molar-refractivity contribution < 1.29 is 4.74 Å². The van der Waals surface area contributed by atoms with Gasteiger partial charge in [-0.05, 0) is 60.9 Å². The van der Waals surface area contributed by atoms with Gasteiger partial charge in [-0.1, -0.05) is 104 Å². The van der Waals surface area contributed by atoms with E-state index in [1.165, 1.54) is 102 Å². The maximum absolute atomic E-state index is 5.81. The zero-order valence-corrected chi connectivity index (χ0v) is 22.6. The average Bonchev–Trinajstić information content (AvgIpc) is 2.91. The van der Waals surface area contributed by atoms with E-state index < -0.39 is 0 Å². The van der Waals surface area contributed by atoms with E-state index >= 15 is 0 Å². The molecule has 1 aliphatic carbocycles. The lowest BCUT2D eigenvalue weighted by Crippen LogP contribution is -2.15. The lowest BCUT2D eigenvalue weighted by atomic mass is 9.78. The van der Waals surface area contributed by atoms with E-state index in [4.69, 9.17) is 4.74 Å². The number of rotatable bonds is 17. The van der Waals surface area contributed by atoms with Crippen LogP contribution in [0.2, 0.25) is 0 Å². The number of unbranched alkanes of at least 4 members (excludes halogenated alkanes) is 8. The van der Waals surface area contributed by atoms with Crippen molar-refractivity contribution in [1.82, 2.24) is 9.97 Å². The van der Waals surface area contributed by atoms with Gasteiger partial charge >= 0.3 is 0 Å². The van der Waals surface area contributed by atoms with Crippen molar-refractivity contribution in [2.45, 2.75) is 123 Å². The van der Waals surface area contributed by atoms with Crippen molar-refractivity contribution in [3.8, 4) is 17.1 Å². The molecule has 1 heterocycles. The topological polar surface area (TPSA) is 35.0 Å². The molecule has 194 valence electrons. The molecule has 0 aliphatic heterocycles. The summed E-state index contributed by atoms with van der Waals surface area (Å²) in [6.45, 7) is 5.30. The number of hydrogen-bond acceptors (Lipinski definition) is 3. The van der Waals surface area contributed by atoms with E-state index in [1.807, 2.05) is 24.5 Å². The van der Waals surface area contributed by atoms with Gasteiger partial charge in [-0.3, -0.25) is 0 Å². The van der Waals surface area contributed by atoms with Gasteiger partial charge in [0.15, 0.2) is 5.82 Å². The van der Waals surface area contributed by atoms with Crippen LogP contribution < -0.4 is 4.74 Å². The predicted octanol–water partition coefficient (Wildman–Crippen LogP) is 9.59. The van der Waals surface area contributed by atoms with Gasteiger partial charge in [0.1, 0.15) is 5.75 Å². The molecule has 0 unspecified atom stereocenters. The highest BCUT2D eigenvalue weighted by atomic mass is 16.5. The summed E-state index contributed by atoms with van der Waals surface area (Å²) in [7, 11) is 0. The van der Waals surface area contributed by atoms with Gasteiger partial charge < -0.3 is 4.74 Å². The third-order valence-corrected chi connectivity index (χ3v) is 7.86. The number of ether oxygens (including phenoxy) is 1. The SMILES string of the molecule is CCCCCCCCCC1CCC(CCc2cnc(-c3ccc(OCCCCC)cc3)nc2)CC1. The van der Waals surface area contributed by atoms with E-state index in [2.05, 4.69) is 35.9 Å². The second-order valence-corrected chi connectivity index (χ2v) is 10.8. The van der Waals surface area contributed by atoms with E-state index in [1.54, 1.807) is 0 Å². The minimum absolute atomic E-state index is 0.791.